The van der Waals surface area contributed by atoms with E-state index in [1.807, 2.05) is 48.5 Å². The van der Waals surface area contributed by atoms with Crippen LogP contribution in [0.25, 0.3) is 0 Å². The first-order valence-corrected chi connectivity index (χ1v) is 7.85. The van der Waals surface area contributed by atoms with Gasteiger partial charge in [-0.15, -0.1) is 0 Å². The topological polar surface area (TPSA) is 109 Å². The van der Waals surface area contributed by atoms with Crippen LogP contribution in [0.4, 0.5) is 11.4 Å². The maximum Gasteiger partial charge on any atom is 0.128 e. The fraction of sp³-hybridized carbons (Fsp3) is 0.222. The lowest BCUT2D eigenvalue weighted by Crippen LogP contribution is -2.42. The lowest BCUT2D eigenvalue weighted by Gasteiger charge is -2.20. The SMILES string of the molecule is C[C@H](O)[C@H](O)[C@H](O)C(C=NNc1ccccc1)=NNc1ccccc1. The van der Waals surface area contributed by atoms with Crippen LogP contribution in [0, 0.1) is 0 Å². The summed E-state index contributed by atoms with van der Waals surface area (Å²) >= 11 is 0. The lowest BCUT2D eigenvalue weighted by molar-refractivity contribution is -0.0249. The molecule has 132 valence electrons. The molecule has 0 radical (unpaired) electrons. The molecule has 0 bridgehead atoms. The van der Waals surface area contributed by atoms with Gasteiger partial charge in [0.2, 0.25) is 0 Å². The van der Waals surface area contributed by atoms with Gasteiger partial charge in [0.05, 0.1) is 23.7 Å². The number of para-hydroxylation sites is 2. The summed E-state index contributed by atoms with van der Waals surface area (Å²) in [7, 11) is 0. The molecule has 0 aliphatic carbocycles. The highest BCUT2D eigenvalue weighted by molar-refractivity contribution is 6.33. The van der Waals surface area contributed by atoms with E-state index in [0.29, 0.717) is 5.69 Å². The van der Waals surface area contributed by atoms with Gasteiger partial charge in [0.25, 0.3) is 0 Å². The molecule has 7 nitrogen and oxygen atoms in total. The third kappa shape index (κ3) is 6.00. The van der Waals surface area contributed by atoms with E-state index in [2.05, 4.69) is 21.1 Å². The molecule has 0 fully saturated rings. The second-order valence-electron chi connectivity index (χ2n) is 5.43. The van der Waals surface area contributed by atoms with Gasteiger partial charge in [0.15, 0.2) is 0 Å². The molecule has 2 rings (SSSR count). The van der Waals surface area contributed by atoms with Crippen LogP contribution in [0.2, 0.25) is 0 Å². The van der Waals surface area contributed by atoms with Crippen molar-refractivity contribution in [2.75, 3.05) is 10.9 Å². The molecule has 7 heteroatoms. The summed E-state index contributed by atoms with van der Waals surface area (Å²) in [5, 5.41) is 37.7. The Morgan fingerprint density at radius 1 is 0.880 bits per heavy atom. The third-order valence-corrected chi connectivity index (χ3v) is 3.37. The maximum atomic E-state index is 10.2. The smallest absolute Gasteiger partial charge is 0.128 e. The Labute approximate surface area is 146 Å². The molecule has 2 aromatic carbocycles. The van der Waals surface area contributed by atoms with Gasteiger partial charge < -0.3 is 15.3 Å². The monoisotopic (exact) mass is 342 g/mol. The van der Waals surface area contributed by atoms with Crippen LogP contribution < -0.4 is 10.9 Å². The highest BCUT2D eigenvalue weighted by Crippen LogP contribution is 2.08. The maximum absolute atomic E-state index is 10.2. The van der Waals surface area contributed by atoms with E-state index in [1.54, 1.807) is 12.1 Å². The molecule has 25 heavy (non-hydrogen) atoms. The lowest BCUT2D eigenvalue weighted by atomic mass is 10.1. The minimum atomic E-state index is -1.41. The second kappa shape index (κ2) is 9.53. The first-order chi connectivity index (χ1) is 12.1. The highest BCUT2D eigenvalue weighted by Gasteiger charge is 2.25. The zero-order valence-corrected chi connectivity index (χ0v) is 13.8. The van der Waals surface area contributed by atoms with E-state index < -0.39 is 18.3 Å². The standard InChI is InChI=1S/C18H22N4O3/c1-13(23)17(24)18(25)16(22-21-15-10-6-3-7-11-15)12-19-20-14-8-4-2-5-9-14/h2-13,17-18,20-21,23-25H,1H3/t13-,17-,18+/m0/s1. The Balaban J connectivity index is 2.13. The predicted octanol–water partition coefficient (Wildman–Crippen LogP) is 1.65. The van der Waals surface area contributed by atoms with Gasteiger partial charge in [-0.05, 0) is 31.2 Å². The Morgan fingerprint density at radius 2 is 1.40 bits per heavy atom. The first-order valence-electron chi connectivity index (χ1n) is 7.85. The van der Waals surface area contributed by atoms with Gasteiger partial charge in [0, 0.05) is 0 Å². The molecule has 0 aliphatic rings. The molecule has 0 saturated carbocycles. The average Bonchev–Trinajstić information content (AvgIpc) is 2.65. The van der Waals surface area contributed by atoms with Gasteiger partial charge in [-0.1, -0.05) is 36.4 Å². The highest BCUT2D eigenvalue weighted by atomic mass is 16.4. The van der Waals surface area contributed by atoms with Crippen LogP contribution >= 0.6 is 0 Å². The fourth-order valence-corrected chi connectivity index (χ4v) is 1.94. The number of anilines is 2. The quantitative estimate of drug-likeness (QED) is 0.370. The van der Waals surface area contributed by atoms with E-state index in [9.17, 15) is 15.3 Å². The van der Waals surface area contributed by atoms with Gasteiger partial charge in [0.1, 0.15) is 17.9 Å². The molecule has 0 spiro atoms. The molecule has 0 aliphatic heterocycles. The van der Waals surface area contributed by atoms with E-state index in [1.165, 1.54) is 13.1 Å². The van der Waals surface area contributed by atoms with Gasteiger partial charge in [-0.3, -0.25) is 10.9 Å². The molecule has 0 saturated heterocycles. The average molecular weight is 342 g/mol. The first kappa shape index (κ1) is 18.6. The number of benzene rings is 2. The molecule has 0 aromatic heterocycles. The minimum absolute atomic E-state index is 0.0701. The summed E-state index contributed by atoms with van der Waals surface area (Å²) in [4.78, 5) is 0. The Hall–Kier alpha value is -2.74. The number of nitrogens with zero attached hydrogens (tertiary/aromatic N) is 2. The van der Waals surface area contributed by atoms with Crippen molar-refractivity contribution in [3.8, 4) is 0 Å². The summed E-state index contributed by atoms with van der Waals surface area (Å²) in [6.45, 7) is 1.38. The zero-order chi connectivity index (χ0) is 18.1. The van der Waals surface area contributed by atoms with Crippen molar-refractivity contribution < 1.29 is 15.3 Å². The third-order valence-electron chi connectivity index (χ3n) is 3.37. The van der Waals surface area contributed by atoms with Gasteiger partial charge in [-0.2, -0.15) is 10.2 Å². The van der Waals surface area contributed by atoms with Crippen molar-refractivity contribution in [3.63, 3.8) is 0 Å². The molecular formula is C18H22N4O3. The molecule has 3 atom stereocenters. The van der Waals surface area contributed by atoms with Crippen molar-refractivity contribution in [2.24, 2.45) is 10.2 Å². The van der Waals surface area contributed by atoms with Crippen LogP contribution in [0.15, 0.2) is 70.9 Å². The van der Waals surface area contributed by atoms with Crippen LogP contribution in [0.1, 0.15) is 6.92 Å². The van der Waals surface area contributed by atoms with Gasteiger partial charge in [-0.25, -0.2) is 0 Å². The number of nitrogens with one attached hydrogen (secondary N) is 2. The molecule has 0 heterocycles. The van der Waals surface area contributed by atoms with Crippen molar-refractivity contribution in [1.82, 2.24) is 0 Å². The van der Waals surface area contributed by atoms with Crippen LogP contribution in [0.3, 0.4) is 0 Å². The van der Waals surface area contributed by atoms with E-state index in [0.717, 1.165) is 5.69 Å². The van der Waals surface area contributed by atoms with Crippen LogP contribution in [-0.4, -0.2) is 45.6 Å². The number of aliphatic hydroxyl groups excluding tert-OH is 3. The molecular weight excluding hydrogens is 320 g/mol. The summed E-state index contributed by atoms with van der Waals surface area (Å²) in [5.41, 5.74) is 7.13. The van der Waals surface area contributed by atoms with E-state index in [4.69, 9.17) is 0 Å². The largest absolute Gasteiger partial charge is 0.391 e. The summed E-state index contributed by atoms with van der Waals surface area (Å²) < 4.78 is 0. The Morgan fingerprint density at radius 3 is 1.92 bits per heavy atom. The Bertz CT molecular complexity index is 690. The van der Waals surface area contributed by atoms with Crippen molar-refractivity contribution in [1.29, 1.82) is 0 Å². The van der Waals surface area contributed by atoms with Crippen LogP contribution in [-0.2, 0) is 0 Å². The summed E-state index contributed by atoms with van der Waals surface area (Å²) in [6.07, 6.45) is -2.62. The predicted molar refractivity (Wildman–Crippen MR) is 99.8 cm³/mol. The van der Waals surface area contributed by atoms with Gasteiger partial charge >= 0.3 is 0 Å². The van der Waals surface area contributed by atoms with E-state index in [-0.39, 0.29) is 5.71 Å². The van der Waals surface area contributed by atoms with E-state index >= 15 is 0 Å². The number of aliphatic hydroxyl groups is 3. The fourth-order valence-electron chi connectivity index (χ4n) is 1.94. The van der Waals surface area contributed by atoms with Crippen molar-refractivity contribution in [3.05, 3.63) is 60.7 Å². The number of hydrazone groups is 2. The number of hydrogen-bond donors (Lipinski definition) is 5. The van der Waals surface area contributed by atoms with Crippen LogP contribution in [0.5, 0.6) is 0 Å². The molecule has 0 unspecified atom stereocenters. The molecule has 2 aromatic rings. The molecule has 0 amide bonds. The summed E-state index contributed by atoms with van der Waals surface area (Å²) in [5.74, 6) is 0. The minimum Gasteiger partial charge on any atom is -0.391 e. The summed E-state index contributed by atoms with van der Waals surface area (Å²) in [6, 6.07) is 18.4. The number of hydrogen-bond acceptors (Lipinski definition) is 7. The van der Waals surface area contributed by atoms with Crippen molar-refractivity contribution in [2.45, 2.75) is 25.2 Å². The molecule has 5 N–H and O–H groups in total. The normalized spacial score (nSPS) is 15.6. The zero-order valence-electron chi connectivity index (χ0n) is 13.8. The second-order valence-corrected chi connectivity index (χ2v) is 5.43. The Kier molecular flexibility index (Phi) is 7.09. The van der Waals surface area contributed by atoms with Crippen molar-refractivity contribution >= 4 is 23.3 Å². The number of rotatable bonds is 8.